The van der Waals surface area contributed by atoms with Crippen LogP contribution < -0.4 is 0 Å². The molecule has 1 N–H and O–H groups in total. The van der Waals surface area contributed by atoms with Gasteiger partial charge in [-0.2, -0.15) is 0 Å². The minimum atomic E-state index is -0.726. The quantitative estimate of drug-likeness (QED) is 0.647. The third-order valence-corrected chi connectivity index (χ3v) is 3.27. The van der Waals surface area contributed by atoms with Crippen LogP contribution in [-0.4, -0.2) is 35.3 Å². The molecule has 0 heterocycles. The number of carboxylic acids is 1. The van der Waals surface area contributed by atoms with Gasteiger partial charge in [-0.1, -0.05) is 13.3 Å². The third-order valence-electron chi connectivity index (χ3n) is 1.89. The fraction of sp³-hybridized carbons (Fsp3) is 0.889. The van der Waals surface area contributed by atoms with Crippen LogP contribution in [-0.2, 0) is 9.53 Å². The molecule has 0 aliphatic carbocycles. The maximum Gasteiger partial charge on any atom is 0.319 e. The van der Waals surface area contributed by atoms with Gasteiger partial charge < -0.3 is 9.84 Å². The second kappa shape index (κ2) is 6.27. The van der Waals surface area contributed by atoms with Gasteiger partial charge >= 0.3 is 5.97 Å². The van der Waals surface area contributed by atoms with Gasteiger partial charge in [0, 0.05) is 12.9 Å². The predicted molar refractivity (Wildman–Crippen MR) is 55.3 cm³/mol. The lowest BCUT2D eigenvalue weighted by Crippen LogP contribution is -2.32. The van der Waals surface area contributed by atoms with Crippen molar-refractivity contribution in [2.45, 2.75) is 31.4 Å². The first kappa shape index (κ1) is 12.8. The van der Waals surface area contributed by atoms with Crippen LogP contribution in [0.5, 0.6) is 0 Å². The summed E-state index contributed by atoms with van der Waals surface area (Å²) >= 11 is 1.46. The average Bonchev–Trinajstić information content (AvgIpc) is 2.05. The summed E-state index contributed by atoms with van der Waals surface area (Å²) in [5, 5.41) is 9.00. The summed E-state index contributed by atoms with van der Waals surface area (Å²) in [5.74, 6) is 0.00898. The number of thioether (sulfide) groups is 1. The third kappa shape index (κ3) is 4.52. The molecule has 0 aliphatic heterocycles. The van der Waals surface area contributed by atoms with Crippen LogP contribution >= 0.6 is 11.8 Å². The van der Waals surface area contributed by atoms with Crippen LogP contribution in [0.1, 0.15) is 26.7 Å². The summed E-state index contributed by atoms with van der Waals surface area (Å²) in [7, 11) is 1.62. The van der Waals surface area contributed by atoms with Gasteiger partial charge in [0.15, 0.2) is 0 Å². The molecule has 4 heteroatoms. The summed E-state index contributed by atoms with van der Waals surface area (Å²) in [6.45, 7) is 4.38. The Labute approximate surface area is 83.9 Å². The van der Waals surface area contributed by atoms with E-state index in [1.807, 2.05) is 6.92 Å². The highest BCUT2D eigenvalue weighted by molar-refractivity contribution is 8.01. The van der Waals surface area contributed by atoms with Crippen molar-refractivity contribution in [2.75, 3.05) is 19.5 Å². The number of ether oxygens (including phenoxy) is 1. The maximum absolute atomic E-state index is 10.9. The number of hydrogen-bond acceptors (Lipinski definition) is 3. The second-order valence-corrected chi connectivity index (χ2v) is 4.73. The lowest BCUT2D eigenvalue weighted by Gasteiger charge is -2.23. The first-order chi connectivity index (χ1) is 6.06. The molecular formula is C9H18O3S. The Hall–Kier alpha value is -0.220. The van der Waals surface area contributed by atoms with Crippen molar-refractivity contribution >= 4 is 17.7 Å². The van der Waals surface area contributed by atoms with Crippen molar-refractivity contribution in [3.8, 4) is 0 Å². The second-order valence-electron chi connectivity index (χ2n) is 3.13. The zero-order chi connectivity index (χ0) is 10.3. The van der Waals surface area contributed by atoms with E-state index in [4.69, 9.17) is 9.84 Å². The molecule has 13 heavy (non-hydrogen) atoms. The van der Waals surface area contributed by atoms with Crippen LogP contribution in [0, 0.1) is 0 Å². The molecule has 0 aliphatic rings. The van der Waals surface area contributed by atoms with E-state index in [9.17, 15) is 4.79 Å². The Balaban J connectivity index is 4.00. The van der Waals surface area contributed by atoms with E-state index >= 15 is 0 Å². The molecule has 0 saturated heterocycles. The molecule has 0 aromatic rings. The van der Waals surface area contributed by atoms with Crippen molar-refractivity contribution in [3.05, 3.63) is 0 Å². The first-order valence-corrected chi connectivity index (χ1v) is 5.41. The normalized spacial score (nSPS) is 15.3. The van der Waals surface area contributed by atoms with Gasteiger partial charge in [-0.15, -0.1) is 11.8 Å². The summed E-state index contributed by atoms with van der Waals surface area (Å²) in [5.41, 5.74) is 0. The molecule has 0 spiro atoms. The minimum absolute atomic E-state index is 0.608. The van der Waals surface area contributed by atoms with Gasteiger partial charge in [-0.3, -0.25) is 4.79 Å². The number of aliphatic carboxylic acids is 1. The first-order valence-electron chi connectivity index (χ1n) is 4.43. The number of rotatable bonds is 7. The van der Waals surface area contributed by atoms with Crippen LogP contribution in [0.25, 0.3) is 0 Å². The Bertz CT molecular complexity index is 161. The number of carboxylic acid groups (broad SMARTS) is 1. The smallest absolute Gasteiger partial charge is 0.319 e. The lowest BCUT2D eigenvalue weighted by atomic mass is 10.1. The van der Waals surface area contributed by atoms with E-state index in [-0.39, 0.29) is 0 Å². The van der Waals surface area contributed by atoms with Crippen molar-refractivity contribution in [3.63, 3.8) is 0 Å². The Morgan fingerprint density at radius 3 is 2.62 bits per heavy atom. The Morgan fingerprint density at radius 2 is 2.23 bits per heavy atom. The van der Waals surface area contributed by atoms with Crippen molar-refractivity contribution < 1.29 is 14.6 Å². The van der Waals surface area contributed by atoms with Crippen LogP contribution in [0.15, 0.2) is 0 Å². The van der Waals surface area contributed by atoms with Gasteiger partial charge in [-0.05, 0) is 13.3 Å². The molecule has 78 valence electrons. The molecule has 0 aromatic heterocycles. The Morgan fingerprint density at radius 1 is 1.62 bits per heavy atom. The summed E-state index contributed by atoms with van der Waals surface area (Å²) in [4.78, 5) is 10.9. The molecule has 0 radical (unpaired) electrons. The zero-order valence-corrected chi connectivity index (χ0v) is 9.32. The van der Waals surface area contributed by atoms with E-state index in [1.165, 1.54) is 11.8 Å². The molecular weight excluding hydrogens is 188 g/mol. The molecule has 0 saturated carbocycles. The van der Waals surface area contributed by atoms with Gasteiger partial charge in [0.05, 0.1) is 6.61 Å². The highest BCUT2D eigenvalue weighted by Crippen LogP contribution is 2.30. The monoisotopic (exact) mass is 206 g/mol. The zero-order valence-electron chi connectivity index (χ0n) is 8.50. The van der Waals surface area contributed by atoms with Crippen molar-refractivity contribution in [1.29, 1.82) is 0 Å². The van der Waals surface area contributed by atoms with E-state index < -0.39 is 10.7 Å². The topological polar surface area (TPSA) is 46.5 Å². The maximum atomic E-state index is 10.9. The summed E-state index contributed by atoms with van der Waals surface area (Å²) in [6, 6.07) is 0. The fourth-order valence-electron chi connectivity index (χ4n) is 1.07. The minimum Gasteiger partial charge on any atom is -0.480 e. The van der Waals surface area contributed by atoms with Crippen molar-refractivity contribution in [2.24, 2.45) is 0 Å². The largest absolute Gasteiger partial charge is 0.480 e. The number of hydrogen-bond donors (Lipinski definition) is 1. The van der Waals surface area contributed by atoms with E-state index in [0.29, 0.717) is 13.0 Å². The average molecular weight is 206 g/mol. The summed E-state index contributed by atoms with van der Waals surface area (Å²) in [6.07, 6.45) is 1.60. The predicted octanol–water partition coefficient (Wildman–Crippen LogP) is 2.01. The standard InChI is InChI=1S/C9H18O3S/c1-4-5-9(2,8(10)11)13-7-6-12-3/h4-7H2,1-3H3,(H,10,11). The number of methoxy groups -OCH3 is 1. The molecule has 0 aromatic carbocycles. The fourth-order valence-corrected chi connectivity index (χ4v) is 2.24. The van der Waals surface area contributed by atoms with Crippen molar-refractivity contribution in [1.82, 2.24) is 0 Å². The van der Waals surface area contributed by atoms with Crippen LogP contribution in [0.2, 0.25) is 0 Å². The molecule has 1 atom stereocenters. The van der Waals surface area contributed by atoms with E-state index in [1.54, 1.807) is 14.0 Å². The van der Waals surface area contributed by atoms with Crippen LogP contribution in [0.3, 0.4) is 0 Å². The molecule has 0 fully saturated rings. The lowest BCUT2D eigenvalue weighted by molar-refractivity contribution is -0.139. The van der Waals surface area contributed by atoms with Gasteiger partial charge in [0.25, 0.3) is 0 Å². The highest BCUT2D eigenvalue weighted by Gasteiger charge is 2.32. The summed E-state index contributed by atoms with van der Waals surface area (Å²) < 4.78 is 4.24. The van der Waals surface area contributed by atoms with Gasteiger partial charge in [-0.25, -0.2) is 0 Å². The highest BCUT2D eigenvalue weighted by atomic mass is 32.2. The van der Waals surface area contributed by atoms with Crippen LogP contribution in [0.4, 0.5) is 0 Å². The molecule has 0 amide bonds. The van der Waals surface area contributed by atoms with Gasteiger partial charge in [0.1, 0.15) is 4.75 Å². The SMILES string of the molecule is CCCC(C)(SCCOC)C(=O)O. The molecule has 0 rings (SSSR count). The molecule has 3 nitrogen and oxygen atoms in total. The Kier molecular flexibility index (Phi) is 6.16. The molecule has 1 unspecified atom stereocenters. The van der Waals surface area contributed by atoms with E-state index in [2.05, 4.69) is 0 Å². The number of carbonyl (C=O) groups is 1. The molecule has 0 bridgehead atoms. The van der Waals surface area contributed by atoms with E-state index in [0.717, 1.165) is 12.2 Å². The van der Waals surface area contributed by atoms with Gasteiger partial charge in [0.2, 0.25) is 0 Å².